The molecule has 1 saturated heterocycles. The summed E-state index contributed by atoms with van der Waals surface area (Å²) in [4.78, 5) is 12.7. The lowest BCUT2D eigenvalue weighted by atomic mass is 9.66. The molecule has 19 heavy (non-hydrogen) atoms. The summed E-state index contributed by atoms with van der Waals surface area (Å²) in [5, 5.41) is 6.68. The molecule has 2 fully saturated rings. The van der Waals surface area contributed by atoms with Crippen LogP contribution in [-0.4, -0.2) is 25.5 Å². The smallest absolute Gasteiger partial charge is 0.226 e. The van der Waals surface area contributed by atoms with Gasteiger partial charge in [0.25, 0.3) is 0 Å². The first-order valence-corrected chi connectivity index (χ1v) is 8.15. The van der Waals surface area contributed by atoms with Crippen molar-refractivity contribution in [1.82, 2.24) is 10.6 Å². The third-order valence-corrected chi connectivity index (χ3v) is 5.56. The van der Waals surface area contributed by atoms with E-state index in [4.69, 9.17) is 0 Å². The number of nitrogens with one attached hydrogen (secondary N) is 2. The summed E-state index contributed by atoms with van der Waals surface area (Å²) in [7, 11) is 0. The van der Waals surface area contributed by atoms with Crippen LogP contribution in [0.3, 0.4) is 0 Å². The number of rotatable bonds is 6. The number of hydrogen-bond acceptors (Lipinski definition) is 2. The summed E-state index contributed by atoms with van der Waals surface area (Å²) in [6.45, 7) is 7.34. The molecule has 0 aromatic rings. The van der Waals surface area contributed by atoms with Crippen LogP contribution in [0.25, 0.3) is 0 Å². The maximum atomic E-state index is 12.7. The second kappa shape index (κ2) is 6.25. The minimum atomic E-state index is -0.0846. The van der Waals surface area contributed by atoms with Gasteiger partial charge in [0.05, 0.1) is 5.41 Å². The zero-order chi connectivity index (χ0) is 13.8. The van der Waals surface area contributed by atoms with Crippen molar-refractivity contribution in [1.29, 1.82) is 0 Å². The second-order valence-corrected chi connectivity index (χ2v) is 6.67. The topological polar surface area (TPSA) is 41.1 Å². The average molecular weight is 266 g/mol. The molecular weight excluding hydrogens is 236 g/mol. The van der Waals surface area contributed by atoms with Crippen LogP contribution in [0, 0.1) is 10.8 Å². The van der Waals surface area contributed by atoms with E-state index in [0.29, 0.717) is 11.3 Å². The van der Waals surface area contributed by atoms with Gasteiger partial charge in [0, 0.05) is 6.54 Å². The summed E-state index contributed by atoms with van der Waals surface area (Å²) in [6.07, 6.45) is 9.30. The molecule has 3 heteroatoms. The van der Waals surface area contributed by atoms with Gasteiger partial charge in [-0.15, -0.1) is 0 Å². The van der Waals surface area contributed by atoms with Gasteiger partial charge in [0.1, 0.15) is 0 Å². The van der Waals surface area contributed by atoms with Gasteiger partial charge in [-0.05, 0) is 57.0 Å². The molecule has 3 nitrogen and oxygen atoms in total. The third kappa shape index (κ3) is 3.13. The highest BCUT2D eigenvalue weighted by Gasteiger charge is 2.41. The maximum Gasteiger partial charge on any atom is 0.226 e. The van der Waals surface area contributed by atoms with Crippen molar-refractivity contribution in [2.45, 2.75) is 65.2 Å². The van der Waals surface area contributed by atoms with Crippen LogP contribution in [0.5, 0.6) is 0 Å². The Labute approximate surface area is 117 Å². The van der Waals surface area contributed by atoms with Crippen LogP contribution in [0.4, 0.5) is 0 Å². The van der Waals surface area contributed by atoms with Crippen LogP contribution in [-0.2, 0) is 4.79 Å². The number of hydrogen-bond donors (Lipinski definition) is 2. The molecular formula is C16H30N2O. The van der Waals surface area contributed by atoms with Gasteiger partial charge in [0.2, 0.25) is 5.91 Å². The summed E-state index contributed by atoms with van der Waals surface area (Å²) >= 11 is 0. The van der Waals surface area contributed by atoms with Crippen LogP contribution < -0.4 is 10.6 Å². The van der Waals surface area contributed by atoms with Crippen molar-refractivity contribution in [2.75, 3.05) is 19.6 Å². The molecule has 0 aromatic heterocycles. The second-order valence-electron chi connectivity index (χ2n) is 6.67. The molecule has 2 aliphatic rings. The fourth-order valence-corrected chi connectivity index (χ4v) is 3.76. The van der Waals surface area contributed by atoms with Crippen molar-refractivity contribution < 1.29 is 4.79 Å². The summed E-state index contributed by atoms with van der Waals surface area (Å²) in [5.41, 5.74) is 0.342. The average Bonchev–Trinajstić information content (AvgIpc) is 2.39. The number of carbonyl (C=O) groups excluding carboxylic acids is 1. The zero-order valence-corrected chi connectivity index (χ0v) is 12.7. The van der Waals surface area contributed by atoms with E-state index in [1.165, 1.54) is 25.7 Å². The van der Waals surface area contributed by atoms with Crippen LogP contribution in [0.15, 0.2) is 0 Å². The fourth-order valence-electron chi connectivity index (χ4n) is 3.76. The molecule has 2 N–H and O–H groups in total. The molecule has 0 bridgehead atoms. The molecule has 2 rings (SSSR count). The first kappa shape index (κ1) is 14.8. The Kier molecular flexibility index (Phi) is 4.88. The number of amides is 1. The van der Waals surface area contributed by atoms with Crippen molar-refractivity contribution in [3.63, 3.8) is 0 Å². The fraction of sp³-hybridized carbons (Fsp3) is 0.938. The van der Waals surface area contributed by atoms with E-state index >= 15 is 0 Å². The Bertz CT molecular complexity index is 293. The molecule has 110 valence electrons. The van der Waals surface area contributed by atoms with Crippen LogP contribution in [0.1, 0.15) is 65.2 Å². The molecule has 1 amide bonds. The molecule has 1 aliphatic heterocycles. The predicted octanol–water partition coefficient (Wildman–Crippen LogP) is 2.85. The van der Waals surface area contributed by atoms with Gasteiger partial charge >= 0.3 is 0 Å². The first-order valence-electron chi connectivity index (χ1n) is 8.15. The van der Waals surface area contributed by atoms with Gasteiger partial charge in [-0.1, -0.05) is 26.7 Å². The molecule has 1 aliphatic carbocycles. The van der Waals surface area contributed by atoms with Gasteiger partial charge < -0.3 is 10.6 Å². The summed E-state index contributed by atoms with van der Waals surface area (Å²) < 4.78 is 0. The number of carbonyl (C=O) groups is 1. The quantitative estimate of drug-likeness (QED) is 0.776. The molecule has 0 aromatic carbocycles. The van der Waals surface area contributed by atoms with Gasteiger partial charge in [-0.3, -0.25) is 4.79 Å². The van der Waals surface area contributed by atoms with Gasteiger partial charge in [-0.2, -0.15) is 0 Å². The molecule has 0 unspecified atom stereocenters. The van der Waals surface area contributed by atoms with E-state index in [-0.39, 0.29) is 5.41 Å². The van der Waals surface area contributed by atoms with Crippen molar-refractivity contribution >= 4 is 5.91 Å². The van der Waals surface area contributed by atoms with Crippen molar-refractivity contribution in [2.24, 2.45) is 10.8 Å². The maximum absolute atomic E-state index is 12.7. The molecule has 0 spiro atoms. The normalized spacial score (nSPS) is 24.5. The monoisotopic (exact) mass is 266 g/mol. The van der Waals surface area contributed by atoms with E-state index in [0.717, 1.165) is 45.3 Å². The Balaban J connectivity index is 1.92. The van der Waals surface area contributed by atoms with Crippen LogP contribution >= 0.6 is 0 Å². The lowest BCUT2D eigenvalue weighted by Crippen LogP contribution is -2.51. The lowest BCUT2D eigenvalue weighted by Gasteiger charge is -2.43. The zero-order valence-electron chi connectivity index (χ0n) is 12.7. The standard InChI is InChI=1S/C16H30N2O/c1-3-6-16(9-11-17-12-10-16)14(19)18-13-15(4-2)7-5-8-15/h17H,3-13H2,1-2H3,(H,18,19). The van der Waals surface area contributed by atoms with E-state index < -0.39 is 0 Å². The Hall–Kier alpha value is -0.570. The Morgan fingerprint density at radius 2 is 1.84 bits per heavy atom. The molecule has 1 heterocycles. The Morgan fingerprint density at radius 3 is 2.32 bits per heavy atom. The SMILES string of the molecule is CCCC1(C(=O)NCC2(CC)CCC2)CCNCC1. The number of piperidine rings is 1. The van der Waals surface area contributed by atoms with Crippen molar-refractivity contribution in [3.8, 4) is 0 Å². The van der Waals surface area contributed by atoms with Crippen LogP contribution in [0.2, 0.25) is 0 Å². The highest BCUT2D eigenvalue weighted by Crippen LogP contribution is 2.43. The highest BCUT2D eigenvalue weighted by atomic mass is 16.2. The van der Waals surface area contributed by atoms with Gasteiger partial charge in [-0.25, -0.2) is 0 Å². The summed E-state index contributed by atoms with van der Waals surface area (Å²) in [5.74, 6) is 0.329. The minimum absolute atomic E-state index is 0.0846. The first-order chi connectivity index (χ1) is 9.16. The van der Waals surface area contributed by atoms with E-state index in [1.807, 2.05) is 0 Å². The van der Waals surface area contributed by atoms with Crippen molar-refractivity contribution in [3.05, 3.63) is 0 Å². The van der Waals surface area contributed by atoms with E-state index in [2.05, 4.69) is 24.5 Å². The largest absolute Gasteiger partial charge is 0.355 e. The molecule has 1 saturated carbocycles. The van der Waals surface area contributed by atoms with Gasteiger partial charge in [0.15, 0.2) is 0 Å². The van der Waals surface area contributed by atoms with E-state index in [9.17, 15) is 4.79 Å². The molecule has 0 radical (unpaired) electrons. The summed E-state index contributed by atoms with van der Waals surface area (Å²) in [6, 6.07) is 0. The highest BCUT2D eigenvalue weighted by molar-refractivity contribution is 5.82. The molecule has 0 atom stereocenters. The Morgan fingerprint density at radius 1 is 1.16 bits per heavy atom. The minimum Gasteiger partial charge on any atom is -0.355 e. The predicted molar refractivity (Wildman–Crippen MR) is 79.0 cm³/mol. The third-order valence-electron chi connectivity index (χ3n) is 5.56. The lowest BCUT2D eigenvalue weighted by molar-refractivity contribution is -0.134. The van der Waals surface area contributed by atoms with E-state index in [1.54, 1.807) is 0 Å².